The average molecular weight is 258 g/mol. The molecule has 0 aromatic carbocycles. The van der Waals surface area contributed by atoms with Crippen LogP contribution in [0.4, 0.5) is 5.82 Å². The van der Waals surface area contributed by atoms with Gasteiger partial charge >= 0.3 is 5.97 Å². The van der Waals surface area contributed by atoms with E-state index in [4.69, 9.17) is 15.3 Å². The monoisotopic (exact) mass is 258 g/mol. The molecule has 17 heavy (non-hydrogen) atoms. The number of esters is 1. The van der Waals surface area contributed by atoms with Gasteiger partial charge in [-0.3, -0.25) is 4.79 Å². The number of hydrazine groups is 1. The number of rotatable bonds is 6. The third kappa shape index (κ3) is 3.75. The predicted molar refractivity (Wildman–Crippen MR) is 63.8 cm³/mol. The van der Waals surface area contributed by atoms with Crippen molar-refractivity contribution in [3.05, 3.63) is 6.33 Å². The molecule has 0 saturated carbocycles. The van der Waals surface area contributed by atoms with Gasteiger partial charge in [0.25, 0.3) is 0 Å². The summed E-state index contributed by atoms with van der Waals surface area (Å²) in [6.45, 7) is 2.11. The molecule has 8 heteroatoms. The molecule has 1 aromatic heterocycles. The zero-order valence-electron chi connectivity index (χ0n) is 9.60. The highest BCUT2D eigenvalue weighted by Crippen LogP contribution is 2.31. The van der Waals surface area contributed by atoms with Crippen LogP contribution in [0.15, 0.2) is 11.4 Å². The Labute approximate surface area is 103 Å². The number of carbonyl (C=O) groups is 1. The van der Waals surface area contributed by atoms with Crippen molar-refractivity contribution in [2.75, 3.05) is 24.9 Å². The second-order valence-electron chi connectivity index (χ2n) is 2.80. The summed E-state index contributed by atoms with van der Waals surface area (Å²) in [4.78, 5) is 19.1. The molecule has 3 N–H and O–H groups in total. The van der Waals surface area contributed by atoms with Crippen LogP contribution in [-0.4, -0.2) is 35.4 Å². The Hall–Kier alpha value is -1.54. The summed E-state index contributed by atoms with van der Waals surface area (Å²) in [6.07, 6.45) is 1.34. The van der Waals surface area contributed by atoms with Gasteiger partial charge in [-0.25, -0.2) is 15.8 Å². The predicted octanol–water partition coefficient (Wildman–Crippen LogP) is 0.426. The van der Waals surface area contributed by atoms with E-state index in [9.17, 15) is 4.79 Å². The molecule has 0 unspecified atom stereocenters. The fourth-order valence-corrected chi connectivity index (χ4v) is 1.85. The number of nitrogen functional groups attached to an aromatic ring is 1. The summed E-state index contributed by atoms with van der Waals surface area (Å²) >= 11 is 1.20. The van der Waals surface area contributed by atoms with Crippen molar-refractivity contribution in [1.82, 2.24) is 9.97 Å². The van der Waals surface area contributed by atoms with E-state index in [1.54, 1.807) is 6.92 Å². The van der Waals surface area contributed by atoms with Crippen LogP contribution < -0.4 is 16.0 Å². The first kappa shape index (κ1) is 13.5. The van der Waals surface area contributed by atoms with Crippen LogP contribution in [0.3, 0.4) is 0 Å². The summed E-state index contributed by atoms with van der Waals surface area (Å²) in [5.41, 5.74) is 2.39. The van der Waals surface area contributed by atoms with Gasteiger partial charge in [0, 0.05) is 0 Å². The lowest BCUT2D eigenvalue weighted by Crippen LogP contribution is -2.11. The first-order valence-electron chi connectivity index (χ1n) is 4.87. The number of thioether (sulfide) groups is 1. The van der Waals surface area contributed by atoms with E-state index >= 15 is 0 Å². The van der Waals surface area contributed by atoms with E-state index in [-0.39, 0.29) is 11.7 Å². The highest BCUT2D eigenvalue weighted by Gasteiger charge is 2.13. The molecular formula is C9H14N4O3S. The van der Waals surface area contributed by atoms with Gasteiger partial charge in [-0.1, -0.05) is 11.8 Å². The minimum Gasteiger partial charge on any atom is -0.490 e. The summed E-state index contributed by atoms with van der Waals surface area (Å²) in [7, 11) is 1.48. The molecule has 1 aromatic rings. The summed E-state index contributed by atoms with van der Waals surface area (Å²) < 4.78 is 9.93. The summed E-state index contributed by atoms with van der Waals surface area (Å²) in [6, 6.07) is 0. The Morgan fingerprint density at radius 1 is 1.59 bits per heavy atom. The second kappa shape index (κ2) is 6.92. The van der Waals surface area contributed by atoms with Crippen molar-refractivity contribution in [2.24, 2.45) is 5.84 Å². The summed E-state index contributed by atoms with van der Waals surface area (Å²) in [5.74, 6) is 5.91. The zero-order valence-corrected chi connectivity index (χ0v) is 10.4. The second-order valence-corrected chi connectivity index (χ2v) is 3.76. The van der Waals surface area contributed by atoms with Crippen molar-refractivity contribution in [3.8, 4) is 5.75 Å². The van der Waals surface area contributed by atoms with Crippen molar-refractivity contribution in [1.29, 1.82) is 0 Å². The van der Waals surface area contributed by atoms with Crippen LogP contribution in [-0.2, 0) is 9.53 Å². The Morgan fingerprint density at radius 3 is 2.94 bits per heavy atom. The van der Waals surface area contributed by atoms with E-state index in [1.165, 1.54) is 25.2 Å². The zero-order chi connectivity index (χ0) is 12.7. The Morgan fingerprint density at radius 2 is 2.35 bits per heavy atom. The molecule has 0 amide bonds. The molecule has 0 aliphatic carbocycles. The van der Waals surface area contributed by atoms with Gasteiger partial charge in [0.2, 0.25) is 0 Å². The lowest BCUT2D eigenvalue weighted by atomic mass is 10.5. The largest absolute Gasteiger partial charge is 0.490 e. The highest BCUT2D eigenvalue weighted by molar-refractivity contribution is 8.00. The van der Waals surface area contributed by atoms with Crippen molar-refractivity contribution in [3.63, 3.8) is 0 Å². The molecular weight excluding hydrogens is 244 g/mol. The molecule has 0 fully saturated rings. The van der Waals surface area contributed by atoms with Gasteiger partial charge in [0.05, 0.1) is 19.5 Å². The van der Waals surface area contributed by atoms with Gasteiger partial charge < -0.3 is 14.9 Å². The smallest absolute Gasteiger partial charge is 0.316 e. The van der Waals surface area contributed by atoms with Crippen LogP contribution in [0.25, 0.3) is 0 Å². The number of methoxy groups -OCH3 is 1. The molecule has 0 spiro atoms. The van der Waals surface area contributed by atoms with Crippen LogP contribution in [0.1, 0.15) is 6.92 Å². The molecule has 0 saturated heterocycles. The molecule has 0 radical (unpaired) electrons. The number of nitrogens with one attached hydrogen (secondary N) is 1. The van der Waals surface area contributed by atoms with Gasteiger partial charge in [0.1, 0.15) is 11.4 Å². The molecule has 0 aliphatic heterocycles. The topological polar surface area (TPSA) is 99.4 Å². The number of carbonyl (C=O) groups excluding carboxylic acids is 1. The average Bonchev–Trinajstić information content (AvgIpc) is 2.36. The van der Waals surface area contributed by atoms with Gasteiger partial charge in [0.15, 0.2) is 11.6 Å². The fraction of sp³-hybridized carbons (Fsp3) is 0.444. The third-order valence-electron chi connectivity index (χ3n) is 1.74. The van der Waals surface area contributed by atoms with Gasteiger partial charge in [-0.2, -0.15) is 0 Å². The maximum Gasteiger partial charge on any atom is 0.316 e. The number of aromatic nitrogens is 2. The van der Waals surface area contributed by atoms with Crippen LogP contribution >= 0.6 is 11.8 Å². The molecule has 0 bridgehead atoms. The first-order valence-corrected chi connectivity index (χ1v) is 5.85. The Kier molecular flexibility index (Phi) is 5.50. The minimum atomic E-state index is -0.305. The minimum absolute atomic E-state index is 0.158. The van der Waals surface area contributed by atoms with Crippen molar-refractivity contribution in [2.45, 2.75) is 11.9 Å². The normalized spacial score (nSPS) is 9.82. The number of nitrogens with zero attached hydrogens (tertiary/aromatic N) is 2. The lowest BCUT2D eigenvalue weighted by molar-refractivity contribution is -0.139. The molecule has 1 rings (SSSR count). The molecule has 1 heterocycles. The van der Waals surface area contributed by atoms with Crippen LogP contribution in [0.2, 0.25) is 0 Å². The number of ether oxygens (including phenoxy) is 2. The van der Waals surface area contributed by atoms with Crippen LogP contribution in [0.5, 0.6) is 5.75 Å². The number of hydrogen-bond acceptors (Lipinski definition) is 8. The third-order valence-corrected chi connectivity index (χ3v) is 2.69. The highest BCUT2D eigenvalue weighted by atomic mass is 32.2. The van der Waals surface area contributed by atoms with Gasteiger partial charge in [-0.05, 0) is 6.92 Å². The first-order chi connectivity index (χ1) is 8.22. The van der Waals surface area contributed by atoms with E-state index in [0.717, 1.165) is 0 Å². The van der Waals surface area contributed by atoms with E-state index in [0.29, 0.717) is 23.2 Å². The number of nitrogens with two attached hydrogens (primary N) is 1. The van der Waals surface area contributed by atoms with Crippen molar-refractivity contribution >= 4 is 23.5 Å². The fourth-order valence-electron chi connectivity index (χ4n) is 1.08. The van der Waals surface area contributed by atoms with E-state index in [1.807, 2.05) is 0 Å². The molecule has 0 aliphatic rings. The van der Waals surface area contributed by atoms with E-state index in [2.05, 4.69) is 15.4 Å². The SMILES string of the molecule is CCOC(=O)CSc1ncnc(NN)c1OC. The molecule has 7 nitrogen and oxygen atoms in total. The standard InChI is InChI=1S/C9H14N4O3S/c1-3-16-6(14)4-17-9-7(15-2)8(13-10)11-5-12-9/h5H,3-4,10H2,1-2H3,(H,11,12,13). The maximum atomic E-state index is 11.2. The lowest BCUT2D eigenvalue weighted by Gasteiger charge is -2.09. The number of anilines is 1. The summed E-state index contributed by atoms with van der Waals surface area (Å²) in [5, 5.41) is 0.531. The Bertz CT molecular complexity index is 389. The number of hydrogen-bond donors (Lipinski definition) is 2. The van der Waals surface area contributed by atoms with Crippen molar-refractivity contribution < 1.29 is 14.3 Å². The molecule has 0 atom stereocenters. The quantitative estimate of drug-likeness (QED) is 0.249. The van der Waals surface area contributed by atoms with Gasteiger partial charge in [-0.15, -0.1) is 0 Å². The Balaban J connectivity index is 2.73. The maximum absolute atomic E-state index is 11.2. The van der Waals surface area contributed by atoms with E-state index < -0.39 is 0 Å². The van der Waals surface area contributed by atoms with Crippen LogP contribution in [0, 0.1) is 0 Å². The molecule has 94 valence electrons.